The van der Waals surface area contributed by atoms with Crippen molar-refractivity contribution in [2.45, 2.75) is 18.4 Å². The van der Waals surface area contributed by atoms with Gasteiger partial charge in [-0.15, -0.1) is 0 Å². The molecule has 0 atom stereocenters. The summed E-state index contributed by atoms with van der Waals surface area (Å²) in [5, 5.41) is 14.8. The van der Waals surface area contributed by atoms with Crippen molar-refractivity contribution in [1.82, 2.24) is 15.1 Å². The van der Waals surface area contributed by atoms with Crippen LogP contribution < -0.4 is 15.4 Å². The fraction of sp³-hybridized carbons (Fsp3) is 0.276. The molecule has 3 aromatic carbocycles. The van der Waals surface area contributed by atoms with Crippen LogP contribution in [0.2, 0.25) is 0 Å². The van der Waals surface area contributed by atoms with E-state index >= 15 is 0 Å². The van der Waals surface area contributed by atoms with Crippen LogP contribution >= 0.6 is 0 Å². The largest absolute Gasteiger partial charge is 0.497 e. The third-order valence-corrected chi connectivity index (χ3v) is 7.24. The number of guanidine groups is 1. The Morgan fingerprint density at radius 3 is 2.08 bits per heavy atom. The smallest absolute Gasteiger partial charge is 0.321 e. The third kappa shape index (κ3) is 4.74. The molecule has 8 heteroatoms. The number of carbonyl (C=O) groups excluding carboxylic acids is 2. The number of benzene rings is 3. The van der Waals surface area contributed by atoms with Crippen LogP contribution in [0.15, 0.2) is 84.9 Å². The van der Waals surface area contributed by atoms with Crippen LogP contribution in [-0.2, 0) is 10.3 Å². The summed E-state index contributed by atoms with van der Waals surface area (Å²) in [4.78, 5) is 30.1. The van der Waals surface area contributed by atoms with Crippen LogP contribution in [0, 0.1) is 11.3 Å². The number of nitrogens with one attached hydrogen (secondary N) is 3. The van der Waals surface area contributed by atoms with Crippen LogP contribution in [-0.4, -0.2) is 54.4 Å². The normalized spacial score (nSPS) is 17.4. The number of anilines is 1. The van der Waals surface area contributed by atoms with E-state index in [1.54, 1.807) is 16.9 Å². The zero-order valence-corrected chi connectivity index (χ0v) is 20.8. The quantitative estimate of drug-likeness (QED) is 0.474. The Kier molecular flexibility index (Phi) is 6.81. The molecular weight excluding hydrogens is 466 g/mol. The highest BCUT2D eigenvalue weighted by atomic mass is 16.5. The second-order valence-electron chi connectivity index (χ2n) is 9.46. The van der Waals surface area contributed by atoms with Crippen LogP contribution in [0.3, 0.4) is 0 Å². The molecule has 0 spiro atoms. The molecule has 0 bridgehead atoms. The van der Waals surface area contributed by atoms with Gasteiger partial charge in [0.1, 0.15) is 5.75 Å². The fourth-order valence-corrected chi connectivity index (χ4v) is 5.16. The number of amides is 3. The number of hydrogen-bond acceptors (Lipinski definition) is 4. The Balaban J connectivity index is 1.25. The van der Waals surface area contributed by atoms with E-state index in [2.05, 4.69) is 10.6 Å². The average Bonchev–Trinajstić information content (AvgIpc) is 3.20. The maximum Gasteiger partial charge on any atom is 0.321 e. The highest BCUT2D eigenvalue weighted by Crippen LogP contribution is 2.36. The topological polar surface area (TPSA) is 97.8 Å². The Morgan fingerprint density at radius 1 is 0.973 bits per heavy atom. The Hall–Kier alpha value is -4.33. The number of urea groups is 1. The van der Waals surface area contributed by atoms with E-state index in [0.717, 1.165) is 29.7 Å². The van der Waals surface area contributed by atoms with Gasteiger partial charge in [-0.05, 0) is 54.2 Å². The molecule has 5 rings (SSSR count). The van der Waals surface area contributed by atoms with E-state index in [1.807, 2.05) is 84.9 Å². The Morgan fingerprint density at radius 2 is 1.54 bits per heavy atom. The molecule has 3 amide bonds. The molecule has 2 heterocycles. The van der Waals surface area contributed by atoms with Gasteiger partial charge in [0, 0.05) is 25.3 Å². The summed E-state index contributed by atoms with van der Waals surface area (Å²) >= 11 is 0. The SMILES string of the molecule is COc1ccc(NC(=O)N2CCC(CN3C(=N)NC(c4ccccc4)(c4ccccc4)C3=O)CC2)cc1. The van der Waals surface area contributed by atoms with Gasteiger partial charge in [-0.1, -0.05) is 60.7 Å². The molecule has 37 heavy (non-hydrogen) atoms. The lowest BCUT2D eigenvalue weighted by atomic mass is 9.82. The highest BCUT2D eigenvalue weighted by Gasteiger charge is 2.52. The fourth-order valence-electron chi connectivity index (χ4n) is 5.16. The van der Waals surface area contributed by atoms with E-state index < -0.39 is 5.54 Å². The number of rotatable bonds is 6. The summed E-state index contributed by atoms with van der Waals surface area (Å²) in [5.74, 6) is 0.893. The summed E-state index contributed by atoms with van der Waals surface area (Å²) in [7, 11) is 1.61. The first-order valence-electron chi connectivity index (χ1n) is 12.5. The molecule has 0 aromatic heterocycles. The molecule has 0 radical (unpaired) electrons. The minimum absolute atomic E-state index is 0.109. The van der Waals surface area contributed by atoms with Crippen molar-refractivity contribution < 1.29 is 14.3 Å². The van der Waals surface area contributed by atoms with Gasteiger partial charge in [-0.2, -0.15) is 0 Å². The summed E-state index contributed by atoms with van der Waals surface area (Å²) in [6.07, 6.45) is 1.52. The van der Waals surface area contributed by atoms with Crippen molar-refractivity contribution in [2.75, 3.05) is 32.1 Å². The van der Waals surface area contributed by atoms with Gasteiger partial charge >= 0.3 is 6.03 Å². The van der Waals surface area contributed by atoms with Crippen molar-refractivity contribution in [3.8, 4) is 5.75 Å². The molecule has 3 aromatic rings. The van der Waals surface area contributed by atoms with E-state index in [9.17, 15) is 9.59 Å². The number of ether oxygens (including phenoxy) is 1. The van der Waals surface area contributed by atoms with Gasteiger partial charge in [0.15, 0.2) is 11.5 Å². The minimum Gasteiger partial charge on any atom is -0.497 e. The van der Waals surface area contributed by atoms with Crippen molar-refractivity contribution in [2.24, 2.45) is 5.92 Å². The van der Waals surface area contributed by atoms with Crippen LogP contribution in [0.4, 0.5) is 10.5 Å². The Labute approximate surface area is 216 Å². The van der Waals surface area contributed by atoms with Crippen molar-refractivity contribution in [3.63, 3.8) is 0 Å². The van der Waals surface area contributed by atoms with Crippen LogP contribution in [0.1, 0.15) is 24.0 Å². The molecule has 2 fully saturated rings. The molecule has 2 saturated heterocycles. The van der Waals surface area contributed by atoms with Gasteiger partial charge < -0.3 is 20.3 Å². The van der Waals surface area contributed by atoms with Gasteiger partial charge in [0.25, 0.3) is 5.91 Å². The number of piperidine rings is 1. The van der Waals surface area contributed by atoms with E-state index in [0.29, 0.717) is 25.3 Å². The average molecular weight is 498 g/mol. The number of nitrogens with zero attached hydrogens (tertiary/aromatic N) is 2. The van der Waals surface area contributed by atoms with Gasteiger partial charge in [-0.3, -0.25) is 15.1 Å². The first-order valence-corrected chi connectivity index (χ1v) is 12.5. The van der Waals surface area contributed by atoms with E-state index in [1.165, 1.54) is 0 Å². The molecule has 0 aliphatic carbocycles. The summed E-state index contributed by atoms with van der Waals surface area (Å²) < 4.78 is 5.16. The van der Waals surface area contributed by atoms with Crippen molar-refractivity contribution >= 4 is 23.6 Å². The van der Waals surface area contributed by atoms with Gasteiger partial charge in [0.2, 0.25) is 0 Å². The molecule has 0 saturated carbocycles. The second-order valence-corrected chi connectivity index (χ2v) is 9.46. The summed E-state index contributed by atoms with van der Waals surface area (Å²) in [6, 6.07) is 26.3. The zero-order valence-electron chi connectivity index (χ0n) is 20.8. The highest BCUT2D eigenvalue weighted by molar-refractivity contribution is 6.10. The molecule has 2 aliphatic rings. The third-order valence-electron chi connectivity index (χ3n) is 7.24. The van der Waals surface area contributed by atoms with E-state index in [-0.39, 0.29) is 23.8 Å². The maximum atomic E-state index is 14.0. The predicted octanol–water partition coefficient (Wildman–Crippen LogP) is 4.25. The zero-order chi connectivity index (χ0) is 25.8. The lowest BCUT2D eigenvalue weighted by molar-refractivity contribution is -0.130. The number of carbonyl (C=O) groups is 2. The second kappa shape index (κ2) is 10.3. The lowest BCUT2D eigenvalue weighted by Crippen LogP contribution is -2.46. The molecule has 3 N–H and O–H groups in total. The van der Waals surface area contributed by atoms with Gasteiger partial charge in [-0.25, -0.2) is 4.79 Å². The van der Waals surface area contributed by atoms with Crippen LogP contribution in [0.5, 0.6) is 5.75 Å². The first-order chi connectivity index (χ1) is 18.0. The molecule has 2 aliphatic heterocycles. The minimum atomic E-state index is -1.13. The standard InChI is InChI=1S/C29H31N5O3/c1-37-25-14-12-24(13-15-25)31-28(36)33-18-16-21(17-19-33)20-34-26(35)29(32-27(34)30,22-8-4-2-5-9-22)23-10-6-3-7-11-23/h2-15,21H,16-20H2,1H3,(H2,30,32)(H,31,36). The first kappa shape index (κ1) is 24.4. The number of hydrogen-bond donors (Lipinski definition) is 3. The summed E-state index contributed by atoms with van der Waals surface area (Å²) in [6.45, 7) is 1.63. The molecule has 190 valence electrons. The van der Waals surface area contributed by atoms with Gasteiger partial charge in [0.05, 0.1) is 7.11 Å². The lowest BCUT2D eigenvalue weighted by Gasteiger charge is -2.34. The van der Waals surface area contributed by atoms with E-state index in [4.69, 9.17) is 10.1 Å². The Bertz CT molecular complexity index is 1220. The van der Waals surface area contributed by atoms with Crippen molar-refractivity contribution in [1.29, 1.82) is 5.41 Å². The maximum absolute atomic E-state index is 14.0. The number of likely N-dealkylation sites (tertiary alicyclic amines) is 1. The number of methoxy groups -OCH3 is 1. The van der Waals surface area contributed by atoms with Crippen molar-refractivity contribution in [3.05, 3.63) is 96.1 Å². The molecule has 8 nitrogen and oxygen atoms in total. The monoisotopic (exact) mass is 497 g/mol. The molecular formula is C29H31N5O3. The van der Waals surface area contributed by atoms with Crippen LogP contribution in [0.25, 0.3) is 0 Å². The molecule has 0 unspecified atom stereocenters. The summed E-state index contributed by atoms with van der Waals surface area (Å²) in [5.41, 5.74) is 1.21. The predicted molar refractivity (Wildman–Crippen MR) is 143 cm³/mol.